The molecule has 2 aromatic rings. The van der Waals surface area contributed by atoms with E-state index in [2.05, 4.69) is 10.1 Å². The zero-order chi connectivity index (χ0) is 18.2. The molecule has 1 N–H and O–H groups in total. The number of carbonyl (C=O) groups is 1. The largest absolute Gasteiger partial charge is 0.497 e. The minimum Gasteiger partial charge on any atom is -0.497 e. The summed E-state index contributed by atoms with van der Waals surface area (Å²) in [4.78, 5) is 12.3. The van der Waals surface area contributed by atoms with E-state index in [0.717, 1.165) is 23.3 Å². The fraction of sp³-hybridized carbons (Fsp3) is 0.316. The maximum absolute atomic E-state index is 12.3. The highest BCUT2D eigenvalue weighted by Crippen LogP contribution is 2.20. The molecule has 1 atom stereocenters. The summed E-state index contributed by atoms with van der Waals surface area (Å²) in [5.41, 5.74) is 1.72. The van der Waals surface area contributed by atoms with Crippen LogP contribution in [0.2, 0.25) is 0 Å². The van der Waals surface area contributed by atoms with Crippen LogP contribution in [0.3, 0.4) is 0 Å². The predicted molar refractivity (Wildman–Crippen MR) is 90.9 cm³/mol. The van der Waals surface area contributed by atoms with Crippen LogP contribution in [0.4, 0.5) is 8.78 Å². The van der Waals surface area contributed by atoms with Crippen LogP contribution in [0.1, 0.15) is 30.5 Å². The lowest BCUT2D eigenvalue weighted by Crippen LogP contribution is -2.29. The number of hydrogen-bond acceptors (Lipinski definition) is 3. The van der Waals surface area contributed by atoms with E-state index in [0.29, 0.717) is 0 Å². The summed E-state index contributed by atoms with van der Waals surface area (Å²) in [5, 5.41) is 2.98. The molecule has 0 aliphatic rings. The van der Waals surface area contributed by atoms with Crippen molar-refractivity contribution in [3.05, 3.63) is 59.7 Å². The van der Waals surface area contributed by atoms with E-state index in [-0.39, 0.29) is 24.1 Å². The Bertz CT molecular complexity index is 672. The second kappa shape index (κ2) is 9.01. The average molecular weight is 349 g/mol. The lowest BCUT2D eigenvalue weighted by atomic mass is 10.0. The van der Waals surface area contributed by atoms with Gasteiger partial charge in [0.15, 0.2) is 0 Å². The van der Waals surface area contributed by atoms with Crippen LogP contribution in [0.15, 0.2) is 48.5 Å². The number of carbonyl (C=O) groups excluding carboxylic acids is 1. The molecule has 2 rings (SSSR count). The van der Waals surface area contributed by atoms with Crippen molar-refractivity contribution in [3.63, 3.8) is 0 Å². The van der Waals surface area contributed by atoms with Crippen molar-refractivity contribution in [3.8, 4) is 11.5 Å². The summed E-state index contributed by atoms with van der Waals surface area (Å²) in [7, 11) is 1.60. The van der Waals surface area contributed by atoms with Gasteiger partial charge in [0.05, 0.1) is 19.6 Å². The monoisotopic (exact) mass is 349 g/mol. The van der Waals surface area contributed by atoms with Crippen molar-refractivity contribution >= 4 is 5.91 Å². The normalized spacial score (nSPS) is 11.9. The highest BCUT2D eigenvalue weighted by atomic mass is 19.3. The third-order valence-corrected chi connectivity index (χ3v) is 3.77. The molecular weight excluding hydrogens is 328 g/mol. The number of halogens is 2. The molecule has 0 fully saturated rings. The number of benzene rings is 2. The van der Waals surface area contributed by atoms with Crippen LogP contribution in [0, 0.1) is 0 Å². The molecule has 4 nitrogen and oxygen atoms in total. The molecule has 0 radical (unpaired) electrons. The number of methoxy groups -OCH3 is 1. The molecule has 25 heavy (non-hydrogen) atoms. The smallest absolute Gasteiger partial charge is 0.387 e. The Kier molecular flexibility index (Phi) is 6.74. The number of hydrogen-bond donors (Lipinski definition) is 1. The van der Waals surface area contributed by atoms with Crippen LogP contribution in [-0.2, 0) is 11.2 Å². The SMILES string of the molecule is CCC(NC(=O)Cc1ccc(OC(F)F)cc1)c1ccc(OC)cc1. The molecule has 0 aliphatic heterocycles. The number of alkyl halides is 2. The highest BCUT2D eigenvalue weighted by Gasteiger charge is 2.13. The molecule has 1 unspecified atom stereocenters. The summed E-state index contributed by atoms with van der Waals surface area (Å²) in [6, 6.07) is 13.5. The number of nitrogens with one attached hydrogen (secondary N) is 1. The lowest BCUT2D eigenvalue weighted by Gasteiger charge is -2.18. The van der Waals surface area contributed by atoms with Crippen molar-refractivity contribution in [2.75, 3.05) is 7.11 Å². The Morgan fingerprint density at radius 2 is 1.64 bits per heavy atom. The molecule has 0 bridgehead atoms. The molecular formula is C19H21F2NO3. The van der Waals surface area contributed by atoms with Gasteiger partial charge < -0.3 is 14.8 Å². The first-order valence-electron chi connectivity index (χ1n) is 7.99. The molecule has 0 heterocycles. The zero-order valence-electron chi connectivity index (χ0n) is 14.2. The summed E-state index contributed by atoms with van der Waals surface area (Å²) in [5.74, 6) is 0.699. The van der Waals surface area contributed by atoms with Gasteiger partial charge >= 0.3 is 6.61 Å². The molecule has 0 saturated heterocycles. The minimum atomic E-state index is -2.86. The van der Waals surface area contributed by atoms with Gasteiger partial charge in [0.1, 0.15) is 11.5 Å². The summed E-state index contributed by atoms with van der Waals surface area (Å²) >= 11 is 0. The van der Waals surface area contributed by atoms with Gasteiger partial charge in [-0.05, 0) is 41.8 Å². The Morgan fingerprint density at radius 3 is 2.16 bits per heavy atom. The van der Waals surface area contributed by atoms with Crippen LogP contribution in [0.5, 0.6) is 11.5 Å². The van der Waals surface area contributed by atoms with E-state index in [4.69, 9.17) is 4.74 Å². The second-order valence-corrected chi connectivity index (χ2v) is 5.50. The standard InChI is InChI=1S/C19H21F2NO3/c1-3-17(14-6-10-15(24-2)11-7-14)22-18(23)12-13-4-8-16(9-5-13)25-19(20)21/h4-11,17,19H,3,12H2,1-2H3,(H,22,23). The Hall–Kier alpha value is -2.63. The first-order chi connectivity index (χ1) is 12.0. The quantitative estimate of drug-likeness (QED) is 0.780. The van der Waals surface area contributed by atoms with Gasteiger partial charge in [-0.2, -0.15) is 8.78 Å². The first-order valence-corrected chi connectivity index (χ1v) is 7.99. The van der Waals surface area contributed by atoms with Gasteiger partial charge in [-0.1, -0.05) is 31.2 Å². The van der Waals surface area contributed by atoms with Crippen molar-refractivity contribution in [2.24, 2.45) is 0 Å². The Morgan fingerprint density at radius 1 is 1.04 bits per heavy atom. The maximum Gasteiger partial charge on any atom is 0.387 e. The molecule has 0 aromatic heterocycles. The van der Waals surface area contributed by atoms with Crippen LogP contribution in [-0.4, -0.2) is 19.6 Å². The molecule has 0 aliphatic carbocycles. The number of ether oxygens (including phenoxy) is 2. The zero-order valence-corrected chi connectivity index (χ0v) is 14.2. The predicted octanol–water partition coefficient (Wildman–Crippen LogP) is 4.11. The Balaban J connectivity index is 1.95. The molecule has 2 aromatic carbocycles. The molecule has 6 heteroatoms. The van der Waals surface area contributed by atoms with Gasteiger partial charge in [0, 0.05) is 0 Å². The summed E-state index contributed by atoms with van der Waals surface area (Å²) < 4.78 is 33.7. The van der Waals surface area contributed by atoms with Crippen LogP contribution >= 0.6 is 0 Å². The van der Waals surface area contributed by atoms with E-state index < -0.39 is 6.61 Å². The minimum absolute atomic E-state index is 0.0730. The van der Waals surface area contributed by atoms with Gasteiger partial charge in [-0.25, -0.2) is 0 Å². The topological polar surface area (TPSA) is 47.6 Å². The second-order valence-electron chi connectivity index (χ2n) is 5.50. The average Bonchev–Trinajstić information content (AvgIpc) is 2.61. The van der Waals surface area contributed by atoms with E-state index in [1.54, 1.807) is 19.2 Å². The van der Waals surface area contributed by atoms with Gasteiger partial charge in [0.25, 0.3) is 0 Å². The molecule has 0 saturated carbocycles. The van der Waals surface area contributed by atoms with Crippen LogP contribution in [0.25, 0.3) is 0 Å². The lowest BCUT2D eigenvalue weighted by molar-refractivity contribution is -0.121. The fourth-order valence-corrected chi connectivity index (χ4v) is 2.48. The van der Waals surface area contributed by atoms with Crippen molar-refractivity contribution in [1.29, 1.82) is 0 Å². The van der Waals surface area contributed by atoms with Gasteiger partial charge in [0.2, 0.25) is 5.91 Å². The van der Waals surface area contributed by atoms with Crippen LogP contribution < -0.4 is 14.8 Å². The fourth-order valence-electron chi connectivity index (χ4n) is 2.48. The van der Waals surface area contributed by atoms with Crippen molar-refractivity contribution in [2.45, 2.75) is 32.4 Å². The first kappa shape index (κ1) is 18.7. The number of rotatable bonds is 8. The van der Waals surface area contributed by atoms with E-state index >= 15 is 0 Å². The van der Waals surface area contributed by atoms with E-state index in [1.165, 1.54) is 12.1 Å². The molecule has 1 amide bonds. The van der Waals surface area contributed by atoms with Crippen molar-refractivity contribution in [1.82, 2.24) is 5.32 Å². The van der Waals surface area contributed by atoms with E-state index in [1.807, 2.05) is 31.2 Å². The molecule has 0 spiro atoms. The summed E-state index contributed by atoms with van der Waals surface area (Å²) in [6.07, 6.45) is 0.918. The molecule has 134 valence electrons. The van der Waals surface area contributed by atoms with E-state index in [9.17, 15) is 13.6 Å². The maximum atomic E-state index is 12.3. The van der Waals surface area contributed by atoms with Gasteiger partial charge in [-0.15, -0.1) is 0 Å². The van der Waals surface area contributed by atoms with Gasteiger partial charge in [-0.3, -0.25) is 4.79 Å². The highest BCUT2D eigenvalue weighted by molar-refractivity contribution is 5.79. The summed E-state index contributed by atoms with van der Waals surface area (Å²) in [6.45, 7) is -0.866. The van der Waals surface area contributed by atoms with Crippen molar-refractivity contribution < 1.29 is 23.0 Å². The number of amides is 1. The third-order valence-electron chi connectivity index (χ3n) is 3.77. The Labute approximate surface area is 145 Å². The third kappa shape index (κ3) is 5.74.